The highest BCUT2D eigenvalue weighted by atomic mass is 16.7. The summed E-state index contributed by atoms with van der Waals surface area (Å²) < 4.78 is 27.4. The summed E-state index contributed by atoms with van der Waals surface area (Å²) in [4.78, 5) is 41.1. The van der Waals surface area contributed by atoms with Crippen molar-refractivity contribution in [2.45, 2.75) is 43.7 Å². The zero-order valence-corrected chi connectivity index (χ0v) is 23.9. The average molecular weight is 577 g/mol. The van der Waals surface area contributed by atoms with E-state index in [0.717, 1.165) is 0 Å². The summed E-state index contributed by atoms with van der Waals surface area (Å²) in [5.74, 6) is -3.08. The summed E-state index contributed by atoms with van der Waals surface area (Å²) in [5.41, 5.74) is -0.700. The smallest absolute Gasteiger partial charge is 0.329 e. The molecule has 0 radical (unpaired) electrons. The number of cyclic esters (lactones) is 2. The molecule has 42 heavy (non-hydrogen) atoms. The van der Waals surface area contributed by atoms with Gasteiger partial charge in [-0.05, 0) is 53.1 Å². The standard InChI is InChI=1S/C31H32N2O9/c1-30(2)41-28(34)31(29(35)42-30)24(18-6-12-21(38-3)13-7-18)26(33(36)37)25(19-8-14-22(39-4)15-9-19)32-27(31)20-10-16-23(40-5)17-11-20/h6-17,24-27,32H,1-5H3. The van der Waals surface area contributed by atoms with E-state index in [1.165, 1.54) is 35.2 Å². The van der Waals surface area contributed by atoms with Crippen molar-refractivity contribution in [2.24, 2.45) is 5.41 Å². The van der Waals surface area contributed by atoms with Gasteiger partial charge in [0.2, 0.25) is 6.04 Å². The summed E-state index contributed by atoms with van der Waals surface area (Å²) in [5, 5.41) is 16.4. The van der Waals surface area contributed by atoms with Gasteiger partial charge in [-0.2, -0.15) is 0 Å². The number of hydrogen-bond acceptors (Lipinski definition) is 10. The maximum atomic E-state index is 14.3. The van der Waals surface area contributed by atoms with Crippen LogP contribution in [0.1, 0.15) is 48.5 Å². The summed E-state index contributed by atoms with van der Waals surface area (Å²) in [6, 6.07) is 16.7. The minimum Gasteiger partial charge on any atom is -0.497 e. The van der Waals surface area contributed by atoms with E-state index in [1.54, 1.807) is 72.8 Å². The van der Waals surface area contributed by atoms with Crippen LogP contribution in [-0.4, -0.2) is 50.0 Å². The fourth-order valence-electron chi connectivity index (χ4n) is 6.03. The van der Waals surface area contributed by atoms with Crippen molar-refractivity contribution < 1.29 is 38.2 Å². The second kappa shape index (κ2) is 11.0. The summed E-state index contributed by atoms with van der Waals surface area (Å²) in [7, 11) is 4.55. The number of ether oxygens (including phenoxy) is 5. The van der Waals surface area contributed by atoms with Crippen LogP contribution in [0.3, 0.4) is 0 Å². The van der Waals surface area contributed by atoms with Crippen LogP contribution in [-0.2, 0) is 19.1 Å². The van der Waals surface area contributed by atoms with Crippen molar-refractivity contribution in [2.75, 3.05) is 21.3 Å². The average Bonchev–Trinajstić information content (AvgIpc) is 2.98. The Hall–Kier alpha value is -4.64. The molecule has 3 aromatic carbocycles. The Bertz CT molecular complexity index is 1450. The molecule has 4 unspecified atom stereocenters. The van der Waals surface area contributed by atoms with E-state index >= 15 is 0 Å². The van der Waals surface area contributed by atoms with Crippen molar-refractivity contribution in [3.63, 3.8) is 0 Å². The van der Waals surface area contributed by atoms with E-state index in [1.807, 2.05) is 0 Å². The Morgan fingerprint density at radius 1 is 0.714 bits per heavy atom. The molecule has 1 spiro atoms. The van der Waals surface area contributed by atoms with Crippen molar-refractivity contribution in [1.29, 1.82) is 0 Å². The van der Waals surface area contributed by atoms with E-state index < -0.39 is 52.1 Å². The van der Waals surface area contributed by atoms with E-state index in [2.05, 4.69) is 5.32 Å². The highest BCUT2D eigenvalue weighted by Gasteiger charge is 2.72. The molecule has 1 N–H and O–H groups in total. The molecule has 3 aromatic rings. The lowest BCUT2D eigenvalue weighted by atomic mass is 9.58. The van der Waals surface area contributed by atoms with Crippen LogP contribution in [0.5, 0.6) is 17.2 Å². The number of benzene rings is 3. The maximum Gasteiger partial charge on any atom is 0.329 e. The molecule has 220 valence electrons. The van der Waals surface area contributed by atoms with Crippen LogP contribution in [0.4, 0.5) is 0 Å². The summed E-state index contributed by atoms with van der Waals surface area (Å²) in [6.07, 6.45) is 0. The molecule has 2 fully saturated rings. The zero-order valence-electron chi connectivity index (χ0n) is 23.9. The van der Waals surface area contributed by atoms with Crippen LogP contribution < -0.4 is 19.5 Å². The molecular formula is C31H32N2O9. The van der Waals surface area contributed by atoms with Crippen LogP contribution in [0.2, 0.25) is 0 Å². The fourth-order valence-corrected chi connectivity index (χ4v) is 6.03. The second-order valence-electron chi connectivity index (χ2n) is 10.7. The van der Waals surface area contributed by atoms with Gasteiger partial charge >= 0.3 is 11.9 Å². The lowest BCUT2D eigenvalue weighted by molar-refractivity contribution is -0.539. The molecule has 11 heteroatoms. The Morgan fingerprint density at radius 3 is 1.52 bits per heavy atom. The molecule has 2 aliphatic heterocycles. The van der Waals surface area contributed by atoms with Gasteiger partial charge in [0.25, 0.3) is 5.79 Å². The topological polar surface area (TPSA) is 135 Å². The minimum absolute atomic E-state index is 0.379. The molecule has 0 aliphatic carbocycles. The Morgan fingerprint density at radius 2 is 1.12 bits per heavy atom. The molecule has 0 aromatic heterocycles. The van der Waals surface area contributed by atoms with Crippen LogP contribution in [0.15, 0.2) is 72.8 Å². The minimum atomic E-state index is -2.17. The molecule has 2 heterocycles. The first-order chi connectivity index (χ1) is 20.0. The Kier molecular flexibility index (Phi) is 7.55. The Balaban J connectivity index is 1.81. The lowest BCUT2D eigenvalue weighted by Crippen LogP contribution is -2.68. The number of nitrogens with one attached hydrogen (secondary N) is 1. The van der Waals surface area contributed by atoms with Gasteiger partial charge in [-0.3, -0.25) is 25.0 Å². The SMILES string of the molecule is COc1ccc(C2NC(c3ccc(OC)cc3)C3(C(=O)OC(C)(C)OC3=O)C(c3ccc(OC)cc3)C2[N+](=O)[O-])cc1. The third kappa shape index (κ3) is 4.79. The summed E-state index contributed by atoms with van der Waals surface area (Å²) >= 11 is 0. The molecule has 0 amide bonds. The van der Waals surface area contributed by atoms with Crippen molar-refractivity contribution in [3.05, 3.63) is 99.6 Å². The molecule has 11 nitrogen and oxygen atoms in total. The predicted molar refractivity (Wildman–Crippen MR) is 150 cm³/mol. The van der Waals surface area contributed by atoms with Gasteiger partial charge in [-0.1, -0.05) is 36.4 Å². The zero-order chi connectivity index (χ0) is 30.2. The Labute approximate surface area is 242 Å². The molecule has 0 bridgehead atoms. The quantitative estimate of drug-likeness (QED) is 0.187. The first kappa shape index (κ1) is 28.9. The molecule has 2 saturated heterocycles. The molecule has 5 rings (SSSR count). The fraction of sp³-hybridized carbons (Fsp3) is 0.355. The van der Waals surface area contributed by atoms with Gasteiger partial charge in [0, 0.05) is 18.8 Å². The number of methoxy groups -OCH3 is 3. The van der Waals surface area contributed by atoms with Gasteiger partial charge in [0.15, 0.2) is 5.41 Å². The number of rotatable bonds is 7. The monoisotopic (exact) mass is 576 g/mol. The number of piperidine rings is 1. The normalized spacial score (nSPS) is 24.3. The summed E-state index contributed by atoms with van der Waals surface area (Å²) in [6.45, 7) is 2.89. The first-order valence-corrected chi connectivity index (χ1v) is 13.3. The highest BCUT2D eigenvalue weighted by Crippen LogP contribution is 2.58. The first-order valence-electron chi connectivity index (χ1n) is 13.3. The third-order valence-corrected chi connectivity index (χ3v) is 7.97. The number of hydrogen-bond donors (Lipinski definition) is 1. The predicted octanol–water partition coefficient (Wildman–Crippen LogP) is 4.35. The number of esters is 2. The lowest BCUT2D eigenvalue weighted by Gasteiger charge is -2.52. The van der Waals surface area contributed by atoms with Gasteiger partial charge in [-0.15, -0.1) is 0 Å². The van der Waals surface area contributed by atoms with Crippen LogP contribution in [0, 0.1) is 15.5 Å². The van der Waals surface area contributed by atoms with E-state index in [0.29, 0.717) is 33.9 Å². The number of carbonyl (C=O) groups excluding carboxylic acids is 2. The number of nitro groups is 1. The maximum absolute atomic E-state index is 14.3. The van der Waals surface area contributed by atoms with Crippen molar-refractivity contribution in [1.82, 2.24) is 5.32 Å². The van der Waals surface area contributed by atoms with Gasteiger partial charge in [-0.25, -0.2) is 0 Å². The molecular weight excluding hydrogens is 544 g/mol. The second-order valence-corrected chi connectivity index (χ2v) is 10.7. The van der Waals surface area contributed by atoms with Crippen molar-refractivity contribution in [3.8, 4) is 17.2 Å². The van der Waals surface area contributed by atoms with Gasteiger partial charge in [0.1, 0.15) is 23.3 Å². The molecule has 0 saturated carbocycles. The number of carbonyl (C=O) groups is 2. The highest BCUT2D eigenvalue weighted by molar-refractivity contribution is 6.04. The van der Waals surface area contributed by atoms with Crippen LogP contribution >= 0.6 is 0 Å². The van der Waals surface area contributed by atoms with Crippen molar-refractivity contribution >= 4 is 11.9 Å². The van der Waals surface area contributed by atoms with Crippen LogP contribution in [0.25, 0.3) is 0 Å². The van der Waals surface area contributed by atoms with E-state index in [-0.39, 0.29) is 0 Å². The molecule has 4 atom stereocenters. The third-order valence-electron chi connectivity index (χ3n) is 7.97. The van der Waals surface area contributed by atoms with Gasteiger partial charge < -0.3 is 23.7 Å². The van der Waals surface area contributed by atoms with E-state index in [4.69, 9.17) is 23.7 Å². The molecule has 2 aliphatic rings. The van der Waals surface area contributed by atoms with Gasteiger partial charge in [0.05, 0.1) is 33.3 Å². The largest absolute Gasteiger partial charge is 0.497 e. The number of nitrogens with zero attached hydrogens (tertiary/aromatic N) is 1. The van der Waals surface area contributed by atoms with E-state index in [9.17, 15) is 19.7 Å².